The fourth-order valence-electron chi connectivity index (χ4n) is 7.34. The number of benzene rings is 3. The number of phenols is 4. The van der Waals surface area contributed by atoms with Crippen molar-refractivity contribution in [3.63, 3.8) is 0 Å². The van der Waals surface area contributed by atoms with Crippen molar-refractivity contribution in [1.29, 1.82) is 0 Å². The maximum Gasteiger partial charge on any atom is 0.330 e. The Balaban J connectivity index is 1.18. The molecule has 0 saturated carbocycles. The Morgan fingerprint density at radius 2 is 1.15 bits per heavy atom. The molecule has 4 heterocycles. The number of carbonyl (C=O) groups is 1. The van der Waals surface area contributed by atoms with Crippen LogP contribution in [0.25, 0.3) is 28.4 Å². The molecule has 15 atom stereocenters. The fraction of sp³-hybridized carbons (Fsp3) is 0.429. The van der Waals surface area contributed by atoms with Gasteiger partial charge in [0.1, 0.15) is 108 Å². The summed E-state index contributed by atoms with van der Waals surface area (Å²) >= 11 is 0. The topological polar surface area (TPSA) is 375 Å². The Kier molecular flexibility index (Phi) is 14.6. The van der Waals surface area contributed by atoms with Crippen LogP contribution in [0, 0.1) is 0 Å². The SMILES string of the molecule is O=C(C=Cc1ccc(O)cc1)OCC1OC(OC2C(OC3C(Oc4c(-c5ccc(O)cc5)oc5cc(O)cc(O)c5c4=O)OC(CO)C(O)C3O)OC(CO)C(O)C2O)C(O)C(O)C1O. The maximum atomic E-state index is 14.1. The van der Waals surface area contributed by atoms with Crippen molar-refractivity contribution in [2.45, 2.75) is 92.1 Å². The Bertz CT molecular complexity index is 2350. The number of aromatic hydroxyl groups is 4. The minimum atomic E-state index is -2.13. The molecule has 23 nitrogen and oxygen atoms in total. The van der Waals surface area contributed by atoms with E-state index >= 15 is 0 Å². The third-order valence-corrected chi connectivity index (χ3v) is 10.9. The molecule has 0 spiro atoms. The van der Waals surface area contributed by atoms with Crippen LogP contribution < -0.4 is 10.2 Å². The standard InChI is InChI=1S/C42H46O23/c43-13-23-29(51)34(56)39(41(60-23)63-37-31(53)27-21(48)11-20(47)12-22(27)59-36(37)17-4-8-19(46)9-5-17)65-42-38(33(55)28(50)24(14-44)61-42)64-40-35(57)32(54)30(52)25(62-40)15-58-26(49)10-3-16-1-6-18(45)7-2-16/h1-12,23-25,28-30,32-35,38-48,50-52,54-57H,13-15H2. The molecule has 0 radical (unpaired) electrons. The second-order valence-electron chi connectivity index (χ2n) is 15.3. The van der Waals surface area contributed by atoms with Crippen LogP contribution in [0.2, 0.25) is 0 Å². The number of fused-ring (bicyclic) bond motifs is 1. The second kappa shape index (κ2) is 19.9. The van der Waals surface area contributed by atoms with E-state index in [0.29, 0.717) is 5.56 Å². The number of carbonyl (C=O) groups excluding carboxylic acids is 1. The summed E-state index contributed by atoms with van der Waals surface area (Å²) < 4.78 is 46.1. The largest absolute Gasteiger partial charge is 0.508 e. The molecular weight excluding hydrogens is 872 g/mol. The van der Waals surface area contributed by atoms with Gasteiger partial charge in [-0.15, -0.1) is 0 Å². The van der Waals surface area contributed by atoms with Gasteiger partial charge in [0, 0.05) is 23.8 Å². The monoisotopic (exact) mass is 918 g/mol. The van der Waals surface area contributed by atoms with Gasteiger partial charge < -0.3 is 104 Å². The summed E-state index contributed by atoms with van der Waals surface area (Å²) in [5, 5.41) is 137. The second-order valence-corrected chi connectivity index (χ2v) is 15.3. The minimum absolute atomic E-state index is 0.00702. The zero-order chi connectivity index (χ0) is 46.9. The van der Waals surface area contributed by atoms with Gasteiger partial charge in [-0.3, -0.25) is 4.79 Å². The average molecular weight is 919 g/mol. The van der Waals surface area contributed by atoms with Gasteiger partial charge in [0.2, 0.25) is 17.5 Å². The highest BCUT2D eigenvalue weighted by atomic mass is 16.8. The number of aliphatic hydroxyl groups is 9. The van der Waals surface area contributed by atoms with E-state index in [9.17, 15) is 76.0 Å². The van der Waals surface area contributed by atoms with E-state index in [0.717, 1.165) is 18.2 Å². The highest BCUT2D eigenvalue weighted by molar-refractivity contribution is 5.88. The van der Waals surface area contributed by atoms with Crippen LogP contribution in [-0.4, -0.2) is 184 Å². The Morgan fingerprint density at radius 1 is 0.615 bits per heavy atom. The molecule has 0 aliphatic carbocycles. The van der Waals surface area contributed by atoms with Crippen LogP contribution >= 0.6 is 0 Å². The molecule has 13 N–H and O–H groups in total. The normalized spacial score (nSPS) is 33.0. The summed E-state index contributed by atoms with van der Waals surface area (Å²) in [4.78, 5) is 26.6. The molecule has 3 saturated heterocycles. The van der Waals surface area contributed by atoms with E-state index in [2.05, 4.69) is 0 Å². The summed E-state index contributed by atoms with van der Waals surface area (Å²) in [5.74, 6) is -3.49. The van der Waals surface area contributed by atoms with Gasteiger partial charge in [-0.1, -0.05) is 12.1 Å². The first-order chi connectivity index (χ1) is 31.0. The lowest BCUT2D eigenvalue weighted by Crippen LogP contribution is -2.67. The van der Waals surface area contributed by atoms with Crippen molar-refractivity contribution in [3.05, 3.63) is 82.5 Å². The summed E-state index contributed by atoms with van der Waals surface area (Å²) in [6.45, 7) is -2.63. The lowest BCUT2D eigenvalue weighted by molar-refractivity contribution is -0.389. The molecule has 23 heteroatoms. The van der Waals surface area contributed by atoms with E-state index in [1.165, 1.54) is 54.6 Å². The van der Waals surface area contributed by atoms with Crippen LogP contribution in [0.1, 0.15) is 5.56 Å². The first kappa shape index (κ1) is 47.5. The molecule has 3 aromatic carbocycles. The number of ether oxygens (including phenoxy) is 7. The number of aliphatic hydroxyl groups excluding tert-OH is 9. The molecule has 3 aliphatic heterocycles. The van der Waals surface area contributed by atoms with Gasteiger partial charge in [-0.25, -0.2) is 4.79 Å². The van der Waals surface area contributed by atoms with Crippen molar-refractivity contribution in [1.82, 2.24) is 0 Å². The maximum absolute atomic E-state index is 14.1. The van der Waals surface area contributed by atoms with Crippen LogP contribution in [0.15, 0.2) is 76.0 Å². The van der Waals surface area contributed by atoms with E-state index in [1.54, 1.807) is 0 Å². The van der Waals surface area contributed by atoms with E-state index < -0.39 is 146 Å². The lowest BCUT2D eigenvalue weighted by atomic mass is 9.96. The molecule has 15 unspecified atom stereocenters. The van der Waals surface area contributed by atoms with Gasteiger partial charge in [0.15, 0.2) is 24.4 Å². The highest BCUT2D eigenvalue weighted by Crippen LogP contribution is 2.39. The van der Waals surface area contributed by atoms with Gasteiger partial charge in [-0.2, -0.15) is 0 Å². The Labute approximate surface area is 365 Å². The van der Waals surface area contributed by atoms with Crippen LogP contribution in [0.3, 0.4) is 0 Å². The molecule has 3 aliphatic rings. The Hall–Kier alpha value is -5.48. The van der Waals surface area contributed by atoms with E-state index in [1.807, 2.05) is 0 Å². The molecule has 0 amide bonds. The van der Waals surface area contributed by atoms with Crippen LogP contribution in [0.4, 0.5) is 0 Å². The van der Waals surface area contributed by atoms with Crippen LogP contribution in [-0.2, 0) is 33.2 Å². The predicted molar refractivity (Wildman–Crippen MR) is 214 cm³/mol. The Morgan fingerprint density at radius 3 is 1.77 bits per heavy atom. The quantitative estimate of drug-likeness (QED) is 0.0482. The number of hydrogen-bond donors (Lipinski definition) is 13. The molecule has 3 fully saturated rings. The molecule has 0 bridgehead atoms. The first-order valence-electron chi connectivity index (χ1n) is 19.9. The predicted octanol–water partition coefficient (Wildman–Crippen LogP) is -2.63. The van der Waals surface area contributed by atoms with Gasteiger partial charge in [0.25, 0.3) is 0 Å². The number of phenolic OH excluding ortho intramolecular Hbond substituents is 4. The molecular formula is C42H46O23. The van der Waals surface area contributed by atoms with Gasteiger partial charge >= 0.3 is 5.97 Å². The fourth-order valence-corrected chi connectivity index (χ4v) is 7.34. The summed E-state index contributed by atoms with van der Waals surface area (Å²) in [6.07, 6.45) is -27.0. The molecule has 1 aromatic heterocycles. The summed E-state index contributed by atoms with van der Waals surface area (Å²) in [6, 6.07) is 12.7. The molecule has 4 aromatic rings. The summed E-state index contributed by atoms with van der Waals surface area (Å²) in [7, 11) is 0. The zero-order valence-corrected chi connectivity index (χ0v) is 33.6. The minimum Gasteiger partial charge on any atom is -0.508 e. The third kappa shape index (κ3) is 10.0. The van der Waals surface area contributed by atoms with Crippen molar-refractivity contribution < 1.29 is 109 Å². The van der Waals surface area contributed by atoms with Gasteiger partial charge in [-0.05, 0) is 48.0 Å². The smallest absolute Gasteiger partial charge is 0.330 e. The number of rotatable bonds is 13. The van der Waals surface area contributed by atoms with Crippen LogP contribution in [0.5, 0.6) is 28.7 Å². The number of esters is 1. The summed E-state index contributed by atoms with van der Waals surface area (Å²) in [5.41, 5.74) is -0.808. The molecule has 352 valence electrons. The third-order valence-electron chi connectivity index (χ3n) is 10.9. The average Bonchev–Trinajstić information content (AvgIpc) is 3.28. The first-order valence-corrected chi connectivity index (χ1v) is 19.9. The van der Waals surface area contributed by atoms with E-state index in [4.69, 9.17) is 37.6 Å². The highest BCUT2D eigenvalue weighted by Gasteiger charge is 2.55. The van der Waals surface area contributed by atoms with Crippen molar-refractivity contribution in [2.75, 3.05) is 19.8 Å². The lowest BCUT2D eigenvalue weighted by Gasteiger charge is -2.48. The number of hydrogen-bond acceptors (Lipinski definition) is 23. The molecule has 65 heavy (non-hydrogen) atoms. The van der Waals surface area contributed by atoms with E-state index in [-0.39, 0.29) is 28.4 Å². The zero-order valence-electron chi connectivity index (χ0n) is 33.6. The van der Waals surface area contributed by atoms with Crippen molar-refractivity contribution in [2.24, 2.45) is 0 Å². The van der Waals surface area contributed by atoms with Gasteiger partial charge in [0.05, 0.1) is 13.2 Å². The van der Waals surface area contributed by atoms with Crippen molar-refractivity contribution in [3.8, 4) is 40.1 Å². The molecule has 7 rings (SSSR count). The van der Waals surface area contributed by atoms with Crippen molar-refractivity contribution >= 4 is 23.0 Å².